The highest BCUT2D eigenvalue weighted by Gasteiger charge is 2.65. The van der Waals surface area contributed by atoms with Gasteiger partial charge in [0.2, 0.25) is 6.10 Å². The van der Waals surface area contributed by atoms with Crippen molar-refractivity contribution in [2.75, 3.05) is 26.4 Å². The van der Waals surface area contributed by atoms with Gasteiger partial charge in [-0.2, -0.15) is 0 Å². The topological polar surface area (TPSA) is 165 Å². The molecule has 2 aliphatic heterocycles. The van der Waals surface area contributed by atoms with Crippen LogP contribution >= 0.6 is 7.82 Å². The van der Waals surface area contributed by atoms with Crippen LogP contribution in [0.2, 0.25) is 0 Å². The fraction of sp³-hybridized carbons (Fsp3) is 0.667. The Bertz CT molecular complexity index is 936. The summed E-state index contributed by atoms with van der Waals surface area (Å²) < 4.78 is 57.3. The highest BCUT2D eigenvalue weighted by Crippen LogP contribution is 2.49. The Labute approximate surface area is 168 Å². The van der Waals surface area contributed by atoms with E-state index < -0.39 is 56.1 Å². The largest absolute Gasteiger partial charge is 0.509 e. The number of aromatic nitrogens is 2. The molecule has 2 N–H and O–H groups in total. The molecule has 15 heteroatoms. The van der Waals surface area contributed by atoms with Gasteiger partial charge in [-0.05, 0) is 13.3 Å². The molecule has 13 nitrogen and oxygen atoms in total. The molecule has 2 aliphatic rings. The second-order valence-corrected chi connectivity index (χ2v) is 7.76. The minimum atomic E-state index is -4.67. The maximum Gasteiger partial charge on any atom is 0.509 e. The highest BCUT2D eigenvalue weighted by molar-refractivity contribution is 7.47. The molecule has 1 unspecified atom stereocenters. The van der Waals surface area contributed by atoms with E-state index in [-0.39, 0.29) is 6.61 Å². The minimum absolute atomic E-state index is 0.187. The van der Waals surface area contributed by atoms with Crippen LogP contribution in [0, 0.1) is 0 Å². The average molecular weight is 454 g/mol. The third-order valence-electron chi connectivity index (χ3n) is 4.22. The molecule has 3 rings (SSSR count). The molecular weight excluding hydrogens is 434 g/mol. The zero-order valence-electron chi connectivity index (χ0n) is 15.7. The molecule has 3 heterocycles. The zero-order chi connectivity index (χ0) is 21.9. The normalized spacial score (nSPS) is 29.8. The number of phosphoric acid groups is 1. The van der Waals surface area contributed by atoms with Gasteiger partial charge in [0.05, 0.1) is 6.61 Å². The molecule has 1 aromatic rings. The zero-order valence-corrected chi connectivity index (χ0v) is 16.6. The van der Waals surface area contributed by atoms with Crippen molar-refractivity contribution in [3.63, 3.8) is 0 Å². The molecule has 30 heavy (non-hydrogen) atoms. The summed E-state index contributed by atoms with van der Waals surface area (Å²) in [6.45, 7) is 1.19. The van der Waals surface area contributed by atoms with E-state index in [1.165, 1.54) is 0 Å². The molecule has 0 amide bonds. The van der Waals surface area contributed by atoms with Gasteiger partial charge < -0.3 is 23.8 Å². The Morgan fingerprint density at radius 3 is 2.77 bits per heavy atom. The maximum atomic E-state index is 15.4. The SMILES string of the molecule is CCOCCCOP(=O)(O)OC[C@@]1(F)O[C@@H](n2ccc(=O)[nH]c2=O)[C@@H]2OC(=O)O[C@@H]21. The lowest BCUT2D eigenvalue weighted by molar-refractivity contribution is -0.209. The first-order valence-corrected chi connectivity index (χ1v) is 10.4. The number of halogens is 1. The third kappa shape index (κ3) is 4.96. The van der Waals surface area contributed by atoms with Gasteiger partial charge >= 0.3 is 19.7 Å². The molecule has 0 saturated carbocycles. The second-order valence-electron chi connectivity index (χ2n) is 6.31. The lowest BCUT2D eigenvalue weighted by Gasteiger charge is -2.24. The maximum absolute atomic E-state index is 15.4. The molecule has 168 valence electrons. The van der Waals surface area contributed by atoms with E-state index in [0.29, 0.717) is 19.6 Å². The number of nitrogens with zero attached hydrogens (tertiary/aromatic N) is 1. The fourth-order valence-electron chi connectivity index (χ4n) is 2.90. The number of rotatable bonds is 10. The predicted molar refractivity (Wildman–Crippen MR) is 93.3 cm³/mol. The van der Waals surface area contributed by atoms with Crippen molar-refractivity contribution in [1.29, 1.82) is 0 Å². The van der Waals surface area contributed by atoms with Crippen molar-refractivity contribution < 1.29 is 46.6 Å². The standard InChI is InChI=1S/C15H20FN2O11P/c1-2-24-6-3-7-25-30(22,23)26-8-15(16)11-10(27-14(21)28-11)12(29-15)18-5-4-9(19)17-13(18)20/h4-5,10-12H,2-3,6-8H2,1H3,(H,22,23)(H,17,19,20)/t10-,11+,12-,15-/m1/s1. The van der Waals surface area contributed by atoms with E-state index >= 15 is 4.39 Å². The van der Waals surface area contributed by atoms with E-state index in [1.807, 2.05) is 4.98 Å². The smallest absolute Gasteiger partial charge is 0.422 e. The number of hydrogen-bond acceptors (Lipinski definition) is 10. The number of ether oxygens (including phenoxy) is 4. The van der Waals surface area contributed by atoms with Crippen LogP contribution in [0.15, 0.2) is 21.9 Å². The Balaban J connectivity index is 1.69. The number of fused-ring (bicyclic) bond motifs is 1. The summed E-state index contributed by atoms with van der Waals surface area (Å²) in [5.74, 6) is -2.94. The van der Waals surface area contributed by atoms with Gasteiger partial charge in [0.15, 0.2) is 12.3 Å². The van der Waals surface area contributed by atoms with Gasteiger partial charge in [0, 0.05) is 25.5 Å². The molecule has 2 saturated heterocycles. The predicted octanol–water partition coefficient (Wildman–Crippen LogP) is 0.195. The molecule has 0 aliphatic carbocycles. The number of carbonyl (C=O) groups excluding carboxylic acids is 1. The molecule has 0 bridgehead atoms. The monoisotopic (exact) mass is 454 g/mol. The molecule has 0 aromatic carbocycles. The van der Waals surface area contributed by atoms with E-state index in [0.717, 1.165) is 16.8 Å². The number of alkyl halides is 1. The number of phosphoric ester groups is 1. The molecular formula is C15H20FN2O11P. The number of nitrogens with one attached hydrogen (secondary N) is 1. The summed E-state index contributed by atoms with van der Waals surface area (Å²) in [6.07, 6.45) is -4.56. The van der Waals surface area contributed by atoms with Gasteiger partial charge in [-0.1, -0.05) is 0 Å². The van der Waals surface area contributed by atoms with E-state index in [9.17, 15) is 23.8 Å². The Hall–Kier alpha value is -2.09. The first-order chi connectivity index (χ1) is 14.1. The van der Waals surface area contributed by atoms with Crippen molar-refractivity contribution in [3.05, 3.63) is 33.1 Å². The molecule has 0 spiro atoms. The number of hydrogen-bond donors (Lipinski definition) is 2. The summed E-state index contributed by atoms with van der Waals surface area (Å²) >= 11 is 0. The van der Waals surface area contributed by atoms with Crippen molar-refractivity contribution in [2.24, 2.45) is 0 Å². The van der Waals surface area contributed by atoms with Crippen molar-refractivity contribution in [2.45, 2.75) is 37.6 Å². The summed E-state index contributed by atoms with van der Waals surface area (Å²) in [4.78, 5) is 46.4. The molecule has 0 radical (unpaired) electrons. The van der Waals surface area contributed by atoms with Gasteiger partial charge in [-0.15, -0.1) is 0 Å². The Morgan fingerprint density at radius 2 is 2.07 bits per heavy atom. The number of aromatic amines is 1. The van der Waals surface area contributed by atoms with Crippen LogP contribution < -0.4 is 11.2 Å². The molecule has 5 atom stereocenters. The van der Waals surface area contributed by atoms with Crippen molar-refractivity contribution in [3.8, 4) is 0 Å². The lowest BCUT2D eigenvalue weighted by atomic mass is 10.1. The Morgan fingerprint density at radius 1 is 1.30 bits per heavy atom. The van der Waals surface area contributed by atoms with E-state index in [1.54, 1.807) is 6.92 Å². The van der Waals surface area contributed by atoms with Crippen LogP contribution in [0.5, 0.6) is 0 Å². The Kier molecular flexibility index (Phi) is 6.75. The van der Waals surface area contributed by atoms with Gasteiger partial charge in [-0.25, -0.2) is 18.5 Å². The lowest BCUT2D eigenvalue weighted by Crippen LogP contribution is -2.42. The van der Waals surface area contributed by atoms with Gasteiger partial charge in [0.1, 0.15) is 6.61 Å². The molecule has 1 aromatic heterocycles. The summed E-state index contributed by atoms with van der Waals surface area (Å²) in [5, 5.41) is 0. The van der Waals surface area contributed by atoms with Crippen molar-refractivity contribution >= 4 is 14.0 Å². The summed E-state index contributed by atoms with van der Waals surface area (Å²) in [7, 11) is -4.67. The van der Waals surface area contributed by atoms with Crippen molar-refractivity contribution in [1.82, 2.24) is 9.55 Å². The van der Waals surface area contributed by atoms with Gasteiger partial charge in [0.25, 0.3) is 11.4 Å². The molecule has 2 fully saturated rings. The number of carbonyl (C=O) groups is 1. The van der Waals surface area contributed by atoms with Crippen LogP contribution in [-0.2, 0) is 32.6 Å². The first kappa shape index (κ1) is 22.6. The summed E-state index contributed by atoms with van der Waals surface area (Å²) in [6, 6.07) is 0.976. The quantitative estimate of drug-likeness (QED) is 0.282. The highest BCUT2D eigenvalue weighted by atomic mass is 31.2. The van der Waals surface area contributed by atoms with Crippen LogP contribution in [0.25, 0.3) is 0 Å². The second kappa shape index (κ2) is 8.96. The van der Waals surface area contributed by atoms with Crippen LogP contribution in [0.3, 0.4) is 0 Å². The minimum Gasteiger partial charge on any atom is -0.422 e. The van der Waals surface area contributed by atoms with E-state index in [4.69, 9.17) is 23.5 Å². The van der Waals surface area contributed by atoms with Gasteiger partial charge in [-0.3, -0.25) is 23.4 Å². The van der Waals surface area contributed by atoms with E-state index in [2.05, 4.69) is 4.52 Å². The van der Waals surface area contributed by atoms with Crippen LogP contribution in [0.4, 0.5) is 9.18 Å². The fourth-order valence-corrected chi connectivity index (χ4v) is 3.67. The van der Waals surface area contributed by atoms with Crippen LogP contribution in [-0.4, -0.2) is 65.1 Å². The summed E-state index contributed by atoms with van der Waals surface area (Å²) in [5.41, 5.74) is -1.66. The average Bonchev–Trinajstić information content (AvgIpc) is 3.18. The third-order valence-corrected chi connectivity index (χ3v) is 5.18. The first-order valence-electron chi connectivity index (χ1n) is 8.90. The van der Waals surface area contributed by atoms with Crippen LogP contribution in [0.1, 0.15) is 19.6 Å². The number of H-pyrrole nitrogens is 1.